The number of rotatable bonds is 4. The van der Waals surface area contributed by atoms with Crippen LogP contribution in [0.3, 0.4) is 0 Å². The van der Waals surface area contributed by atoms with Crippen LogP contribution >= 0.6 is 0 Å². The van der Waals surface area contributed by atoms with Crippen molar-refractivity contribution in [1.29, 1.82) is 0 Å². The molecule has 0 spiro atoms. The Morgan fingerprint density at radius 2 is 1.85 bits per heavy atom. The highest BCUT2D eigenvalue weighted by Gasteiger charge is 2.18. The first-order valence-corrected chi connectivity index (χ1v) is 5.98. The van der Waals surface area contributed by atoms with Crippen molar-refractivity contribution in [2.45, 2.75) is 46.5 Å². The Morgan fingerprint density at radius 3 is 2.31 bits per heavy atom. The fourth-order valence-electron chi connectivity index (χ4n) is 2.15. The summed E-state index contributed by atoms with van der Waals surface area (Å²) in [4.78, 5) is 2.65. The highest BCUT2D eigenvalue weighted by atomic mass is 15.1. The number of hydrogen-bond donors (Lipinski definition) is 0. The number of piperidine rings is 1. The average Bonchev–Trinajstić information content (AvgIpc) is 2.19. The van der Waals surface area contributed by atoms with Gasteiger partial charge < -0.3 is 4.90 Å². The first-order chi connectivity index (χ1) is 6.26. The molecule has 1 heteroatoms. The van der Waals surface area contributed by atoms with Crippen LogP contribution in [-0.4, -0.2) is 24.5 Å². The largest absolute Gasteiger partial charge is 0.303 e. The molecule has 0 aromatic rings. The lowest BCUT2D eigenvalue weighted by Gasteiger charge is -2.32. The molecule has 78 valence electrons. The molecular weight excluding hydrogens is 158 g/mol. The Balaban J connectivity index is 2.17. The maximum Gasteiger partial charge on any atom is 0.000692 e. The molecule has 0 aliphatic carbocycles. The first-order valence-electron chi connectivity index (χ1n) is 5.98. The number of likely N-dealkylation sites (tertiary alicyclic amines) is 1. The smallest absolute Gasteiger partial charge is 0.000692 e. The highest BCUT2D eigenvalue weighted by molar-refractivity contribution is 4.72. The van der Waals surface area contributed by atoms with Crippen LogP contribution in [0, 0.1) is 11.8 Å². The molecule has 1 fully saturated rings. The van der Waals surface area contributed by atoms with Crippen molar-refractivity contribution in [3.63, 3.8) is 0 Å². The lowest BCUT2D eigenvalue weighted by atomic mass is 9.94. The standard InChI is InChI=1S/C12H25N/c1-4-11(3)10-13-8-6-12(5-2)7-9-13/h11-12H,4-10H2,1-3H3. The van der Waals surface area contributed by atoms with E-state index in [1.807, 2.05) is 0 Å². The monoisotopic (exact) mass is 183 g/mol. The van der Waals surface area contributed by atoms with E-state index in [-0.39, 0.29) is 0 Å². The van der Waals surface area contributed by atoms with Crippen molar-refractivity contribution in [2.75, 3.05) is 19.6 Å². The Morgan fingerprint density at radius 1 is 1.23 bits per heavy atom. The highest BCUT2D eigenvalue weighted by Crippen LogP contribution is 2.20. The van der Waals surface area contributed by atoms with E-state index >= 15 is 0 Å². The number of nitrogens with zero attached hydrogens (tertiary/aromatic N) is 1. The Hall–Kier alpha value is -0.0400. The van der Waals surface area contributed by atoms with E-state index < -0.39 is 0 Å². The Bertz CT molecular complexity index is 125. The van der Waals surface area contributed by atoms with Crippen LogP contribution in [0.15, 0.2) is 0 Å². The molecule has 0 saturated carbocycles. The molecule has 0 radical (unpaired) electrons. The van der Waals surface area contributed by atoms with Crippen molar-refractivity contribution in [1.82, 2.24) is 4.90 Å². The minimum Gasteiger partial charge on any atom is -0.303 e. The topological polar surface area (TPSA) is 3.24 Å². The lowest BCUT2D eigenvalue weighted by molar-refractivity contribution is 0.161. The quantitative estimate of drug-likeness (QED) is 0.647. The van der Waals surface area contributed by atoms with E-state index in [1.165, 1.54) is 45.3 Å². The summed E-state index contributed by atoms with van der Waals surface area (Å²) in [5.74, 6) is 1.91. The van der Waals surface area contributed by atoms with Crippen molar-refractivity contribution in [2.24, 2.45) is 11.8 Å². The summed E-state index contributed by atoms with van der Waals surface area (Å²) < 4.78 is 0. The zero-order chi connectivity index (χ0) is 9.68. The molecule has 0 bridgehead atoms. The van der Waals surface area contributed by atoms with Crippen molar-refractivity contribution >= 4 is 0 Å². The van der Waals surface area contributed by atoms with Crippen LogP contribution in [0.1, 0.15) is 46.5 Å². The minimum atomic E-state index is 0.887. The summed E-state index contributed by atoms with van der Waals surface area (Å²) in [6.45, 7) is 11.0. The van der Waals surface area contributed by atoms with Crippen LogP contribution in [0.4, 0.5) is 0 Å². The molecule has 1 heterocycles. The number of hydrogen-bond acceptors (Lipinski definition) is 1. The maximum atomic E-state index is 2.65. The second-order valence-corrected chi connectivity index (χ2v) is 4.67. The fourth-order valence-corrected chi connectivity index (χ4v) is 2.15. The first kappa shape index (κ1) is 11.0. The van der Waals surface area contributed by atoms with Crippen molar-refractivity contribution in [3.8, 4) is 0 Å². The molecule has 13 heavy (non-hydrogen) atoms. The van der Waals surface area contributed by atoms with Gasteiger partial charge in [0.25, 0.3) is 0 Å². The maximum absolute atomic E-state index is 2.65. The van der Waals surface area contributed by atoms with Gasteiger partial charge in [-0.1, -0.05) is 33.6 Å². The predicted molar refractivity (Wildman–Crippen MR) is 58.9 cm³/mol. The SMILES string of the molecule is CCC(C)CN1CCC(CC)CC1. The van der Waals surface area contributed by atoms with Crippen LogP contribution in [-0.2, 0) is 0 Å². The molecule has 1 rings (SSSR count). The summed E-state index contributed by atoms with van der Waals surface area (Å²) >= 11 is 0. The van der Waals surface area contributed by atoms with Crippen LogP contribution in [0.25, 0.3) is 0 Å². The molecule has 1 unspecified atom stereocenters. The van der Waals surface area contributed by atoms with Gasteiger partial charge in [0.05, 0.1) is 0 Å². The zero-order valence-electron chi connectivity index (χ0n) is 9.55. The summed E-state index contributed by atoms with van der Waals surface area (Å²) in [6.07, 6.45) is 5.59. The van der Waals surface area contributed by atoms with E-state index in [9.17, 15) is 0 Å². The predicted octanol–water partition coefficient (Wildman–Crippen LogP) is 3.15. The normalized spacial score (nSPS) is 23.3. The van der Waals surface area contributed by atoms with Crippen LogP contribution in [0.2, 0.25) is 0 Å². The second-order valence-electron chi connectivity index (χ2n) is 4.67. The van der Waals surface area contributed by atoms with Gasteiger partial charge in [0.1, 0.15) is 0 Å². The molecule has 1 atom stereocenters. The third kappa shape index (κ3) is 3.68. The zero-order valence-corrected chi connectivity index (χ0v) is 9.55. The van der Waals surface area contributed by atoms with Gasteiger partial charge in [-0.25, -0.2) is 0 Å². The van der Waals surface area contributed by atoms with E-state index in [0.717, 1.165) is 11.8 Å². The third-order valence-electron chi connectivity index (χ3n) is 3.55. The third-order valence-corrected chi connectivity index (χ3v) is 3.55. The van der Waals surface area contributed by atoms with Gasteiger partial charge in [-0.3, -0.25) is 0 Å². The van der Waals surface area contributed by atoms with Gasteiger partial charge >= 0.3 is 0 Å². The van der Waals surface area contributed by atoms with Gasteiger partial charge in [-0.05, 0) is 37.8 Å². The lowest BCUT2D eigenvalue weighted by Crippen LogP contribution is -2.36. The van der Waals surface area contributed by atoms with Crippen LogP contribution in [0.5, 0.6) is 0 Å². The minimum absolute atomic E-state index is 0.887. The van der Waals surface area contributed by atoms with E-state index in [1.54, 1.807) is 0 Å². The molecule has 0 aromatic carbocycles. The van der Waals surface area contributed by atoms with Gasteiger partial charge in [0.2, 0.25) is 0 Å². The molecule has 0 amide bonds. The summed E-state index contributed by atoms with van der Waals surface area (Å²) in [5, 5.41) is 0. The molecular formula is C12H25N. The van der Waals surface area contributed by atoms with Gasteiger partial charge in [-0.2, -0.15) is 0 Å². The van der Waals surface area contributed by atoms with Gasteiger partial charge in [0, 0.05) is 6.54 Å². The Kier molecular flexibility index (Phi) is 4.79. The summed E-state index contributed by atoms with van der Waals surface area (Å²) in [6, 6.07) is 0. The van der Waals surface area contributed by atoms with E-state index in [2.05, 4.69) is 25.7 Å². The average molecular weight is 183 g/mol. The molecule has 0 aromatic heterocycles. The van der Waals surface area contributed by atoms with Gasteiger partial charge in [-0.15, -0.1) is 0 Å². The fraction of sp³-hybridized carbons (Fsp3) is 1.00. The van der Waals surface area contributed by atoms with Crippen molar-refractivity contribution in [3.05, 3.63) is 0 Å². The van der Waals surface area contributed by atoms with E-state index in [0.29, 0.717) is 0 Å². The van der Waals surface area contributed by atoms with Crippen LogP contribution < -0.4 is 0 Å². The molecule has 0 N–H and O–H groups in total. The Labute approximate surface area is 83.5 Å². The van der Waals surface area contributed by atoms with Gasteiger partial charge in [0.15, 0.2) is 0 Å². The summed E-state index contributed by atoms with van der Waals surface area (Å²) in [7, 11) is 0. The molecule has 1 nitrogen and oxygen atoms in total. The summed E-state index contributed by atoms with van der Waals surface area (Å²) in [5.41, 5.74) is 0. The molecule has 1 aliphatic rings. The van der Waals surface area contributed by atoms with E-state index in [4.69, 9.17) is 0 Å². The molecule has 1 saturated heterocycles. The van der Waals surface area contributed by atoms with Crippen molar-refractivity contribution < 1.29 is 0 Å². The second kappa shape index (κ2) is 5.64. The molecule has 1 aliphatic heterocycles.